The molecule has 0 aliphatic rings. The van der Waals surface area contributed by atoms with Crippen LogP contribution in [0.5, 0.6) is 0 Å². The van der Waals surface area contributed by atoms with Gasteiger partial charge in [-0.1, -0.05) is 18.2 Å². The Morgan fingerprint density at radius 2 is 2.30 bits per heavy atom. The van der Waals surface area contributed by atoms with Crippen LogP contribution in [-0.2, 0) is 4.79 Å². The maximum atomic E-state index is 10.6. The van der Waals surface area contributed by atoms with Gasteiger partial charge in [0.25, 0.3) is 0 Å². The van der Waals surface area contributed by atoms with E-state index < -0.39 is 0 Å². The molecule has 0 rings (SSSR count). The van der Waals surface area contributed by atoms with Gasteiger partial charge >= 0.3 is 0 Å². The molecule has 1 amide bonds. The molecule has 0 aliphatic carbocycles. The van der Waals surface area contributed by atoms with Crippen LogP contribution in [0.2, 0.25) is 0 Å². The number of rotatable bonds is 3. The standard InChI is InChI=1S/C8H13NO/c1-4-7(3)6-9-8(10)5-2/h4-5H,2,6H2,1,3H3,(H,9,10)/b7-4+. The monoisotopic (exact) mass is 139 g/mol. The van der Waals surface area contributed by atoms with Crippen molar-refractivity contribution in [2.24, 2.45) is 0 Å². The van der Waals surface area contributed by atoms with Crippen LogP contribution in [0.25, 0.3) is 0 Å². The lowest BCUT2D eigenvalue weighted by atomic mass is 10.3. The number of allylic oxidation sites excluding steroid dienone is 1. The van der Waals surface area contributed by atoms with Crippen molar-refractivity contribution in [2.75, 3.05) is 6.54 Å². The van der Waals surface area contributed by atoms with Crippen LogP contribution in [0.3, 0.4) is 0 Å². The second-order valence-corrected chi connectivity index (χ2v) is 2.06. The molecule has 0 aliphatic heterocycles. The van der Waals surface area contributed by atoms with Gasteiger partial charge in [-0.05, 0) is 19.9 Å². The van der Waals surface area contributed by atoms with Crippen LogP contribution < -0.4 is 5.32 Å². The second-order valence-electron chi connectivity index (χ2n) is 2.06. The predicted molar refractivity (Wildman–Crippen MR) is 42.6 cm³/mol. The summed E-state index contributed by atoms with van der Waals surface area (Å²) in [6.45, 7) is 7.85. The molecule has 0 heterocycles. The second kappa shape index (κ2) is 4.79. The Morgan fingerprint density at radius 1 is 1.70 bits per heavy atom. The fourth-order valence-electron chi connectivity index (χ4n) is 0.401. The first kappa shape index (κ1) is 8.95. The molecule has 56 valence electrons. The fraction of sp³-hybridized carbons (Fsp3) is 0.375. The van der Waals surface area contributed by atoms with Gasteiger partial charge in [0.05, 0.1) is 0 Å². The Hall–Kier alpha value is -1.05. The van der Waals surface area contributed by atoms with Crippen LogP contribution in [0.4, 0.5) is 0 Å². The third-order valence-electron chi connectivity index (χ3n) is 1.22. The summed E-state index contributed by atoms with van der Waals surface area (Å²) in [6, 6.07) is 0. The summed E-state index contributed by atoms with van der Waals surface area (Å²) in [5.74, 6) is -0.124. The molecule has 1 N–H and O–H groups in total. The van der Waals surface area contributed by atoms with Crippen LogP contribution in [-0.4, -0.2) is 12.5 Å². The van der Waals surface area contributed by atoms with Gasteiger partial charge in [-0.3, -0.25) is 4.79 Å². The highest BCUT2D eigenvalue weighted by Gasteiger charge is 1.91. The Kier molecular flexibility index (Phi) is 4.29. The molecule has 0 atom stereocenters. The molecule has 0 aromatic rings. The smallest absolute Gasteiger partial charge is 0.243 e. The first-order chi connectivity index (χ1) is 4.70. The summed E-state index contributed by atoms with van der Waals surface area (Å²) in [6.07, 6.45) is 3.23. The molecule has 0 unspecified atom stereocenters. The molecule has 0 aromatic heterocycles. The quantitative estimate of drug-likeness (QED) is 0.463. The third-order valence-corrected chi connectivity index (χ3v) is 1.22. The summed E-state index contributed by atoms with van der Waals surface area (Å²) < 4.78 is 0. The summed E-state index contributed by atoms with van der Waals surface area (Å²) in [7, 11) is 0. The Bertz CT molecular complexity index is 157. The number of amides is 1. The lowest BCUT2D eigenvalue weighted by Crippen LogP contribution is -2.22. The third kappa shape index (κ3) is 3.89. The maximum absolute atomic E-state index is 10.6. The number of carbonyl (C=O) groups excluding carboxylic acids is 1. The molecule has 0 fully saturated rings. The minimum absolute atomic E-state index is 0.124. The first-order valence-electron chi connectivity index (χ1n) is 3.22. The van der Waals surface area contributed by atoms with Crippen molar-refractivity contribution in [3.63, 3.8) is 0 Å². The molecule has 0 saturated heterocycles. The van der Waals surface area contributed by atoms with Crippen molar-refractivity contribution < 1.29 is 4.79 Å². The molecule has 10 heavy (non-hydrogen) atoms. The van der Waals surface area contributed by atoms with E-state index in [4.69, 9.17) is 0 Å². The van der Waals surface area contributed by atoms with Gasteiger partial charge in [0.2, 0.25) is 5.91 Å². The van der Waals surface area contributed by atoms with E-state index in [1.165, 1.54) is 6.08 Å². The van der Waals surface area contributed by atoms with Crippen molar-refractivity contribution in [1.29, 1.82) is 0 Å². The van der Waals surface area contributed by atoms with Crippen LogP contribution in [0.1, 0.15) is 13.8 Å². The topological polar surface area (TPSA) is 29.1 Å². The van der Waals surface area contributed by atoms with Crippen molar-refractivity contribution in [1.82, 2.24) is 5.32 Å². The van der Waals surface area contributed by atoms with Gasteiger partial charge < -0.3 is 5.32 Å². The highest BCUT2D eigenvalue weighted by Crippen LogP contribution is 1.86. The Balaban J connectivity index is 3.55. The Labute approximate surface area is 61.6 Å². The minimum atomic E-state index is -0.124. The lowest BCUT2D eigenvalue weighted by Gasteiger charge is -1.99. The fourth-order valence-corrected chi connectivity index (χ4v) is 0.401. The lowest BCUT2D eigenvalue weighted by molar-refractivity contribution is -0.116. The van der Waals surface area contributed by atoms with Crippen molar-refractivity contribution in [2.45, 2.75) is 13.8 Å². The molecular weight excluding hydrogens is 126 g/mol. The van der Waals surface area contributed by atoms with E-state index in [2.05, 4.69) is 11.9 Å². The SMILES string of the molecule is C=CC(=O)NC/C(C)=C/C. The van der Waals surface area contributed by atoms with Gasteiger partial charge in [0.15, 0.2) is 0 Å². The number of hydrogen-bond acceptors (Lipinski definition) is 1. The van der Waals surface area contributed by atoms with Crippen LogP contribution in [0.15, 0.2) is 24.3 Å². The van der Waals surface area contributed by atoms with E-state index in [9.17, 15) is 4.79 Å². The van der Waals surface area contributed by atoms with Gasteiger partial charge in [-0.2, -0.15) is 0 Å². The largest absolute Gasteiger partial charge is 0.349 e. The van der Waals surface area contributed by atoms with Crippen molar-refractivity contribution in [3.8, 4) is 0 Å². The zero-order valence-electron chi connectivity index (χ0n) is 6.48. The van der Waals surface area contributed by atoms with Gasteiger partial charge in [0.1, 0.15) is 0 Å². The van der Waals surface area contributed by atoms with Gasteiger partial charge in [0, 0.05) is 6.54 Å². The Morgan fingerprint density at radius 3 is 2.70 bits per heavy atom. The summed E-state index contributed by atoms with van der Waals surface area (Å²) in [5.41, 5.74) is 1.15. The predicted octanol–water partition coefficient (Wildman–Crippen LogP) is 1.25. The van der Waals surface area contributed by atoms with Crippen molar-refractivity contribution >= 4 is 5.91 Å². The van der Waals surface area contributed by atoms with Gasteiger partial charge in [-0.25, -0.2) is 0 Å². The van der Waals surface area contributed by atoms with Crippen molar-refractivity contribution in [3.05, 3.63) is 24.3 Å². The average molecular weight is 139 g/mol. The summed E-state index contributed by atoms with van der Waals surface area (Å²) >= 11 is 0. The van der Waals surface area contributed by atoms with E-state index in [0.29, 0.717) is 6.54 Å². The van der Waals surface area contributed by atoms with Crippen LogP contribution >= 0.6 is 0 Å². The molecule has 0 saturated carbocycles. The van der Waals surface area contributed by atoms with E-state index in [1.54, 1.807) is 0 Å². The molecule has 0 spiro atoms. The van der Waals surface area contributed by atoms with Gasteiger partial charge in [-0.15, -0.1) is 0 Å². The zero-order chi connectivity index (χ0) is 7.98. The number of hydrogen-bond donors (Lipinski definition) is 1. The zero-order valence-corrected chi connectivity index (χ0v) is 6.48. The van der Waals surface area contributed by atoms with E-state index >= 15 is 0 Å². The number of carbonyl (C=O) groups is 1. The molecular formula is C8H13NO. The maximum Gasteiger partial charge on any atom is 0.243 e. The molecule has 0 bridgehead atoms. The van der Waals surface area contributed by atoms with Crippen LogP contribution in [0, 0.1) is 0 Å². The van der Waals surface area contributed by atoms with E-state index in [1.807, 2.05) is 19.9 Å². The minimum Gasteiger partial charge on any atom is -0.349 e. The number of nitrogens with one attached hydrogen (secondary N) is 1. The molecule has 2 heteroatoms. The molecule has 0 aromatic carbocycles. The first-order valence-corrected chi connectivity index (χ1v) is 3.22. The summed E-state index contributed by atoms with van der Waals surface area (Å²) in [5, 5.41) is 2.66. The molecule has 2 nitrogen and oxygen atoms in total. The highest BCUT2D eigenvalue weighted by atomic mass is 16.1. The normalized spacial score (nSPS) is 10.8. The van der Waals surface area contributed by atoms with E-state index in [-0.39, 0.29) is 5.91 Å². The molecule has 0 radical (unpaired) electrons. The van der Waals surface area contributed by atoms with E-state index in [0.717, 1.165) is 5.57 Å². The highest BCUT2D eigenvalue weighted by molar-refractivity contribution is 5.86. The average Bonchev–Trinajstić information content (AvgIpc) is 1.99. The summed E-state index contributed by atoms with van der Waals surface area (Å²) in [4.78, 5) is 10.6.